The van der Waals surface area contributed by atoms with Gasteiger partial charge in [-0.2, -0.15) is 11.8 Å². The lowest BCUT2D eigenvalue weighted by Gasteiger charge is -2.12. The second-order valence-electron chi connectivity index (χ2n) is 4.08. The van der Waals surface area contributed by atoms with Gasteiger partial charge in [0.15, 0.2) is 0 Å². The molecule has 94 valence electrons. The molecule has 1 heterocycles. The van der Waals surface area contributed by atoms with Crippen LogP contribution in [0.2, 0.25) is 0 Å². The summed E-state index contributed by atoms with van der Waals surface area (Å²) in [6, 6.07) is 2.20. The van der Waals surface area contributed by atoms with Crippen LogP contribution in [-0.4, -0.2) is 23.5 Å². The van der Waals surface area contributed by atoms with Gasteiger partial charge < -0.3 is 5.32 Å². The Hall–Kier alpha value is 0.480. The van der Waals surface area contributed by atoms with Crippen LogP contribution in [0, 0.1) is 0 Å². The maximum absolute atomic E-state index is 12.1. The average Bonchev–Trinajstić information content (AvgIpc) is 2.85. The van der Waals surface area contributed by atoms with Gasteiger partial charge in [0, 0.05) is 11.3 Å². The van der Waals surface area contributed by atoms with Crippen LogP contribution in [0.1, 0.15) is 29.6 Å². The van der Waals surface area contributed by atoms with Crippen LogP contribution in [-0.2, 0) is 0 Å². The number of hydrogen-bond donors (Lipinski definition) is 1. The molecule has 1 aromatic rings. The van der Waals surface area contributed by atoms with Gasteiger partial charge in [-0.15, -0.1) is 11.3 Å². The van der Waals surface area contributed by atoms with Gasteiger partial charge in [-0.1, -0.05) is 0 Å². The predicted molar refractivity (Wildman–Crippen MR) is 82.1 cm³/mol. The van der Waals surface area contributed by atoms with Crippen molar-refractivity contribution in [3.8, 4) is 0 Å². The second-order valence-corrected chi connectivity index (χ2v) is 8.97. The highest BCUT2D eigenvalue weighted by atomic mass is 79.9. The lowest BCUT2D eigenvalue weighted by molar-refractivity contribution is 0.0937. The van der Waals surface area contributed by atoms with E-state index < -0.39 is 0 Å². The molecule has 0 bridgehead atoms. The summed E-state index contributed by atoms with van der Waals surface area (Å²) in [4.78, 5) is 12.1. The highest BCUT2D eigenvalue weighted by Crippen LogP contribution is 2.33. The molecule has 0 aromatic carbocycles. The first-order chi connectivity index (χ1) is 8.10. The third-order valence-electron chi connectivity index (χ3n) is 2.95. The molecule has 1 aromatic heterocycles. The number of amides is 1. The average molecular weight is 399 g/mol. The maximum atomic E-state index is 12.1. The Kier molecular flexibility index (Phi) is 4.97. The van der Waals surface area contributed by atoms with E-state index in [9.17, 15) is 4.79 Å². The minimum absolute atomic E-state index is 0.0329. The van der Waals surface area contributed by atoms with Gasteiger partial charge >= 0.3 is 0 Å². The molecule has 2 unspecified atom stereocenters. The second kappa shape index (κ2) is 6.08. The van der Waals surface area contributed by atoms with Crippen LogP contribution in [0.5, 0.6) is 0 Å². The van der Waals surface area contributed by atoms with Crippen molar-refractivity contribution in [2.75, 3.05) is 6.26 Å². The van der Waals surface area contributed by atoms with E-state index in [4.69, 9.17) is 0 Å². The third kappa shape index (κ3) is 3.49. The highest BCUT2D eigenvalue weighted by molar-refractivity contribution is 9.12. The molecule has 0 aliphatic heterocycles. The Labute approximate surface area is 126 Å². The highest BCUT2D eigenvalue weighted by Gasteiger charge is 2.26. The standard InChI is InChI=1S/C11H13Br2NOS2/c1-16-7-3-2-6(4-7)14-11(15)8-5-9(12)17-10(8)13/h5-7H,2-4H2,1H3,(H,14,15). The van der Waals surface area contributed by atoms with Gasteiger partial charge in [-0.25, -0.2) is 0 Å². The molecular weight excluding hydrogens is 386 g/mol. The van der Waals surface area contributed by atoms with Crippen molar-refractivity contribution in [3.63, 3.8) is 0 Å². The number of nitrogens with one attached hydrogen (secondary N) is 1. The van der Waals surface area contributed by atoms with Crippen LogP contribution < -0.4 is 5.32 Å². The summed E-state index contributed by atoms with van der Waals surface area (Å²) in [5, 5.41) is 3.82. The van der Waals surface area contributed by atoms with Crippen LogP contribution in [0.3, 0.4) is 0 Å². The summed E-state index contributed by atoms with van der Waals surface area (Å²) in [6.07, 6.45) is 5.54. The zero-order valence-electron chi connectivity index (χ0n) is 9.33. The van der Waals surface area contributed by atoms with E-state index in [2.05, 4.69) is 43.4 Å². The van der Waals surface area contributed by atoms with Crippen molar-refractivity contribution in [1.29, 1.82) is 0 Å². The number of rotatable bonds is 3. The first-order valence-corrected chi connectivity index (χ1v) is 9.07. The van der Waals surface area contributed by atoms with Crippen LogP contribution in [0.25, 0.3) is 0 Å². The topological polar surface area (TPSA) is 29.1 Å². The molecule has 2 rings (SSSR count). The number of thiophene rings is 1. The maximum Gasteiger partial charge on any atom is 0.253 e. The van der Waals surface area contributed by atoms with E-state index in [0.29, 0.717) is 11.3 Å². The molecule has 1 amide bonds. The number of halogens is 2. The first kappa shape index (κ1) is 13.9. The van der Waals surface area contributed by atoms with Crippen molar-refractivity contribution in [2.24, 2.45) is 0 Å². The van der Waals surface area contributed by atoms with E-state index in [1.165, 1.54) is 17.8 Å². The minimum Gasteiger partial charge on any atom is -0.349 e. The summed E-state index contributed by atoms with van der Waals surface area (Å²) in [7, 11) is 0. The van der Waals surface area contributed by atoms with Crippen molar-refractivity contribution in [2.45, 2.75) is 30.6 Å². The van der Waals surface area contributed by atoms with E-state index >= 15 is 0 Å². The van der Waals surface area contributed by atoms with Crippen molar-refractivity contribution in [3.05, 3.63) is 19.2 Å². The lowest BCUT2D eigenvalue weighted by atomic mass is 10.2. The molecular formula is C11H13Br2NOS2. The Balaban J connectivity index is 1.96. The van der Waals surface area contributed by atoms with Gasteiger partial charge in [-0.05, 0) is 63.4 Å². The van der Waals surface area contributed by atoms with Gasteiger partial charge in [0.25, 0.3) is 5.91 Å². The van der Waals surface area contributed by atoms with Gasteiger partial charge in [0.2, 0.25) is 0 Å². The van der Waals surface area contributed by atoms with Crippen LogP contribution in [0.15, 0.2) is 13.6 Å². The normalized spacial score (nSPS) is 23.9. The number of carbonyl (C=O) groups is 1. The van der Waals surface area contributed by atoms with E-state index in [1.807, 2.05) is 17.8 Å². The molecule has 2 atom stereocenters. The number of hydrogen-bond acceptors (Lipinski definition) is 3. The fourth-order valence-electron chi connectivity index (χ4n) is 2.04. The van der Waals surface area contributed by atoms with Crippen molar-refractivity contribution < 1.29 is 4.79 Å². The molecule has 1 aliphatic carbocycles. The molecule has 6 heteroatoms. The lowest BCUT2D eigenvalue weighted by Crippen LogP contribution is -2.33. The Morgan fingerprint density at radius 1 is 1.53 bits per heavy atom. The number of carbonyl (C=O) groups excluding carboxylic acids is 1. The summed E-state index contributed by atoms with van der Waals surface area (Å²) in [6.45, 7) is 0. The summed E-state index contributed by atoms with van der Waals surface area (Å²) in [5.41, 5.74) is 0.731. The van der Waals surface area contributed by atoms with Gasteiger partial charge in [0.1, 0.15) is 0 Å². The van der Waals surface area contributed by atoms with Gasteiger partial charge in [0.05, 0.1) is 13.1 Å². The fraction of sp³-hybridized carbons (Fsp3) is 0.545. The summed E-state index contributed by atoms with van der Waals surface area (Å²) < 4.78 is 1.87. The quantitative estimate of drug-likeness (QED) is 0.822. The first-order valence-electron chi connectivity index (χ1n) is 5.38. The molecule has 1 saturated carbocycles. The molecule has 0 saturated heterocycles. The summed E-state index contributed by atoms with van der Waals surface area (Å²) >= 11 is 10.2. The Morgan fingerprint density at radius 3 is 2.82 bits per heavy atom. The molecule has 17 heavy (non-hydrogen) atoms. The molecule has 1 aliphatic rings. The predicted octanol–water partition coefficient (Wildman–Crippen LogP) is 4.29. The van der Waals surface area contributed by atoms with Crippen molar-refractivity contribution in [1.82, 2.24) is 5.32 Å². The SMILES string of the molecule is CSC1CCC(NC(=O)c2cc(Br)sc2Br)C1. The van der Waals surface area contributed by atoms with E-state index in [-0.39, 0.29) is 5.91 Å². The monoisotopic (exact) mass is 397 g/mol. The summed E-state index contributed by atoms with van der Waals surface area (Å²) in [5.74, 6) is 0.0329. The smallest absolute Gasteiger partial charge is 0.253 e. The largest absolute Gasteiger partial charge is 0.349 e. The zero-order chi connectivity index (χ0) is 12.4. The Morgan fingerprint density at radius 2 is 2.29 bits per heavy atom. The number of thioether (sulfide) groups is 1. The van der Waals surface area contributed by atoms with Gasteiger partial charge in [-0.3, -0.25) is 4.79 Å². The fourth-order valence-corrected chi connectivity index (χ4v) is 5.63. The Bertz CT molecular complexity index is 422. The third-order valence-corrected chi connectivity index (χ3v) is 6.39. The van der Waals surface area contributed by atoms with E-state index in [1.54, 1.807) is 0 Å². The van der Waals surface area contributed by atoms with E-state index in [0.717, 1.165) is 26.0 Å². The minimum atomic E-state index is 0.0329. The molecule has 2 nitrogen and oxygen atoms in total. The van der Waals surface area contributed by atoms with Crippen molar-refractivity contribution >= 4 is 60.9 Å². The molecule has 0 spiro atoms. The zero-order valence-corrected chi connectivity index (χ0v) is 14.1. The molecule has 1 fully saturated rings. The van der Waals surface area contributed by atoms with Crippen LogP contribution in [0.4, 0.5) is 0 Å². The van der Waals surface area contributed by atoms with Crippen LogP contribution >= 0.6 is 55.0 Å². The molecule has 0 radical (unpaired) electrons. The molecule has 1 N–H and O–H groups in total.